The first-order chi connectivity index (χ1) is 11.4. The largest absolute Gasteiger partial charge is 0.481 e. The molecule has 3 aromatic rings. The minimum atomic E-state index is -1.00. The van der Waals surface area contributed by atoms with E-state index in [1.165, 1.54) is 24.5 Å². The number of hydrogen-bond acceptors (Lipinski definition) is 3. The summed E-state index contributed by atoms with van der Waals surface area (Å²) < 4.78 is 5.37. The van der Waals surface area contributed by atoms with Crippen molar-refractivity contribution in [2.75, 3.05) is 0 Å². The van der Waals surface area contributed by atoms with Gasteiger partial charge in [0.1, 0.15) is 5.58 Å². The Morgan fingerprint density at radius 2 is 1.71 bits per heavy atom. The molecule has 0 amide bonds. The quantitative estimate of drug-likeness (QED) is 0.625. The molecule has 0 aliphatic carbocycles. The van der Waals surface area contributed by atoms with Crippen molar-refractivity contribution in [2.45, 2.75) is 6.42 Å². The third kappa shape index (κ3) is 3.13. The second-order valence-electron chi connectivity index (χ2n) is 5.13. The monoisotopic (exact) mass is 382 g/mol. The lowest BCUT2D eigenvalue weighted by atomic mass is 9.98. The van der Waals surface area contributed by atoms with E-state index in [2.05, 4.69) is 0 Å². The topological polar surface area (TPSA) is 67.5 Å². The van der Waals surface area contributed by atoms with Crippen LogP contribution in [0.5, 0.6) is 0 Å². The summed E-state index contributed by atoms with van der Waals surface area (Å²) in [5.41, 5.74) is 1.10. The fourth-order valence-corrected chi connectivity index (χ4v) is 3.47. The van der Waals surface area contributed by atoms with Crippen LogP contribution in [0, 0.1) is 0 Å². The summed E-state index contributed by atoms with van der Waals surface area (Å²) in [5, 5.41) is 10.1. The molecule has 24 heavy (non-hydrogen) atoms. The molecule has 0 aliphatic heterocycles. The maximum absolute atomic E-state index is 12.9. The second kappa shape index (κ2) is 6.48. The van der Waals surface area contributed by atoms with Gasteiger partial charge in [-0.2, -0.15) is 0 Å². The van der Waals surface area contributed by atoms with Crippen LogP contribution >= 0.6 is 34.8 Å². The van der Waals surface area contributed by atoms with E-state index < -0.39 is 11.8 Å². The standard InChI is InChI=1S/C17H9Cl3O4/c18-10-6-12(19)15(13(20)7-10)16(23)11-4-8(5-14(21)22)3-9-1-2-24-17(9)11/h1-4,6-7H,5H2,(H,21,22). The zero-order valence-corrected chi connectivity index (χ0v) is 14.2. The van der Waals surface area contributed by atoms with Crippen molar-refractivity contribution in [2.24, 2.45) is 0 Å². The van der Waals surface area contributed by atoms with E-state index in [1.54, 1.807) is 12.1 Å². The van der Waals surface area contributed by atoms with Gasteiger partial charge in [-0.1, -0.05) is 34.8 Å². The number of carboxylic acids is 1. The van der Waals surface area contributed by atoms with Crippen LogP contribution in [0.1, 0.15) is 21.5 Å². The molecule has 1 aromatic heterocycles. The van der Waals surface area contributed by atoms with Gasteiger partial charge in [0.25, 0.3) is 0 Å². The molecule has 4 nitrogen and oxygen atoms in total. The minimum absolute atomic E-state index is 0.0907. The number of carbonyl (C=O) groups excluding carboxylic acids is 1. The van der Waals surface area contributed by atoms with E-state index in [0.717, 1.165) is 0 Å². The molecule has 0 atom stereocenters. The smallest absolute Gasteiger partial charge is 0.307 e. The third-order valence-corrected chi connectivity index (χ3v) is 4.26. The number of furan rings is 1. The molecule has 0 saturated carbocycles. The Labute approximate surface area is 151 Å². The number of ketones is 1. The van der Waals surface area contributed by atoms with Crippen molar-refractivity contribution in [1.82, 2.24) is 0 Å². The third-order valence-electron chi connectivity index (χ3n) is 3.44. The van der Waals surface area contributed by atoms with Crippen LogP contribution in [0.15, 0.2) is 41.0 Å². The van der Waals surface area contributed by atoms with Crippen LogP contribution < -0.4 is 0 Å². The van der Waals surface area contributed by atoms with Gasteiger partial charge in [0.05, 0.1) is 33.9 Å². The van der Waals surface area contributed by atoms with Crippen molar-refractivity contribution in [1.29, 1.82) is 0 Å². The highest BCUT2D eigenvalue weighted by molar-refractivity contribution is 6.43. The Morgan fingerprint density at radius 1 is 1.04 bits per heavy atom. The number of fused-ring (bicyclic) bond motifs is 1. The molecule has 0 radical (unpaired) electrons. The van der Waals surface area contributed by atoms with Gasteiger partial charge < -0.3 is 9.52 Å². The van der Waals surface area contributed by atoms with E-state index >= 15 is 0 Å². The van der Waals surface area contributed by atoms with Crippen LogP contribution in [-0.2, 0) is 11.2 Å². The van der Waals surface area contributed by atoms with Gasteiger partial charge in [-0.15, -0.1) is 0 Å². The zero-order valence-electron chi connectivity index (χ0n) is 12.0. The lowest BCUT2D eigenvalue weighted by Crippen LogP contribution is -2.07. The van der Waals surface area contributed by atoms with E-state index in [9.17, 15) is 9.59 Å². The SMILES string of the molecule is O=C(O)Cc1cc(C(=O)c2c(Cl)cc(Cl)cc2Cl)c2occc2c1. The van der Waals surface area contributed by atoms with Crippen LogP contribution in [0.3, 0.4) is 0 Å². The molecule has 1 heterocycles. The van der Waals surface area contributed by atoms with Gasteiger partial charge in [0, 0.05) is 10.4 Å². The van der Waals surface area contributed by atoms with Gasteiger partial charge in [0.2, 0.25) is 0 Å². The zero-order chi connectivity index (χ0) is 17.4. The Bertz CT molecular complexity index is 952. The lowest BCUT2D eigenvalue weighted by molar-refractivity contribution is -0.136. The summed E-state index contributed by atoms with van der Waals surface area (Å²) in [6.07, 6.45) is 1.21. The molecule has 0 saturated heterocycles. The molecule has 0 unspecified atom stereocenters. The molecule has 0 bridgehead atoms. The average Bonchev–Trinajstić information content (AvgIpc) is 2.92. The molecular weight excluding hydrogens is 375 g/mol. The summed E-state index contributed by atoms with van der Waals surface area (Å²) in [7, 11) is 0. The Balaban J connectivity index is 2.20. The molecule has 122 valence electrons. The number of aliphatic carboxylic acids is 1. The van der Waals surface area contributed by atoms with Crippen molar-refractivity contribution >= 4 is 57.5 Å². The molecule has 0 fully saturated rings. The number of halogens is 3. The van der Waals surface area contributed by atoms with Crippen molar-refractivity contribution in [3.8, 4) is 0 Å². The molecule has 2 aromatic carbocycles. The summed E-state index contributed by atoms with van der Waals surface area (Å²) >= 11 is 18.1. The average molecular weight is 384 g/mol. The van der Waals surface area contributed by atoms with Crippen LogP contribution in [0.4, 0.5) is 0 Å². The molecular formula is C17H9Cl3O4. The Kier molecular flexibility index (Phi) is 4.54. The van der Waals surface area contributed by atoms with Crippen molar-refractivity contribution in [3.05, 3.63) is 68.4 Å². The first-order valence-electron chi connectivity index (χ1n) is 6.78. The normalized spacial score (nSPS) is 11.0. The van der Waals surface area contributed by atoms with Gasteiger partial charge >= 0.3 is 5.97 Å². The highest BCUT2D eigenvalue weighted by atomic mass is 35.5. The fourth-order valence-electron chi connectivity index (χ4n) is 2.48. The summed E-state index contributed by atoms with van der Waals surface area (Å²) in [6, 6.07) is 7.63. The van der Waals surface area contributed by atoms with Crippen molar-refractivity contribution in [3.63, 3.8) is 0 Å². The number of carboxylic acid groups (broad SMARTS) is 1. The first kappa shape index (κ1) is 16.8. The highest BCUT2D eigenvalue weighted by Gasteiger charge is 2.22. The number of benzene rings is 2. The second-order valence-corrected chi connectivity index (χ2v) is 6.38. The summed E-state index contributed by atoms with van der Waals surface area (Å²) in [5.74, 6) is -1.47. The predicted octanol–water partition coefficient (Wildman–Crippen LogP) is 5.25. The Hall–Kier alpha value is -2.01. The fraction of sp³-hybridized carbons (Fsp3) is 0.0588. The number of rotatable bonds is 4. The van der Waals surface area contributed by atoms with E-state index in [-0.39, 0.29) is 27.6 Å². The number of carbonyl (C=O) groups is 2. The molecule has 0 aliphatic rings. The van der Waals surface area contributed by atoms with E-state index in [1.807, 2.05) is 0 Å². The van der Waals surface area contributed by atoms with Gasteiger partial charge in [-0.3, -0.25) is 9.59 Å². The first-order valence-corrected chi connectivity index (χ1v) is 7.91. The molecule has 3 rings (SSSR count). The maximum atomic E-state index is 12.9. The minimum Gasteiger partial charge on any atom is -0.481 e. The van der Waals surface area contributed by atoms with Gasteiger partial charge in [-0.25, -0.2) is 0 Å². The Morgan fingerprint density at radius 3 is 2.33 bits per heavy atom. The predicted molar refractivity (Wildman–Crippen MR) is 92.5 cm³/mol. The van der Waals surface area contributed by atoms with Gasteiger partial charge in [0.15, 0.2) is 5.78 Å². The summed E-state index contributed by atoms with van der Waals surface area (Å²) in [6.45, 7) is 0. The van der Waals surface area contributed by atoms with E-state index in [0.29, 0.717) is 21.6 Å². The maximum Gasteiger partial charge on any atom is 0.307 e. The van der Waals surface area contributed by atoms with Crippen LogP contribution in [0.25, 0.3) is 11.0 Å². The van der Waals surface area contributed by atoms with Crippen molar-refractivity contribution < 1.29 is 19.1 Å². The lowest BCUT2D eigenvalue weighted by Gasteiger charge is -2.09. The summed E-state index contributed by atoms with van der Waals surface area (Å²) in [4.78, 5) is 23.9. The van der Waals surface area contributed by atoms with Crippen LogP contribution in [0.2, 0.25) is 15.1 Å². The van der Waals surface area contributed by atoms with Gasteiger partial charge in [-0.05, 0) is 35.9 Å². The van der Waals surface area contributed by atoms with Crippen LogP contribution in [-0.4, -0.2) is 16.9 Å². The number of hydrogen-bond donors (Lipinski definition) is 1. The molecule has 1 N–H and O–H groups in total. The highest BCUT2D eigenvalue weighted by Crippen LogP contribution is 2.33. The molecule has 7 heteroatoms. The van der Waals surface area contributed by atoms with E-state index in [4.69, 9.17) is 44.3 Å². The molecule has 0 spiro atoms.